The molecule has 1 aliphatic rings. The number of hydrogen-bond acceptors (Lipinski definition) is 3. The van der Waals surface area contributed by atoms with Crippen molar-refractivity contribution in [1.29, 1.82) is 0 Å². The predicted octanol–water partition coefficient (Wildman–Crippen LogP) is 1.84. The molecule has 0 saturated heterocycles. The molecule has 2 N–H and O–H groups in total. The fourth-order valence-corrected chi connectivity index (χ4v) is 2.56. The standard InChI is InChI=1S/C14H21N3O3/c1-9(2)12(14(19)20)15-13(18)11-7-8-17(16-11)10-5-3-4-6-10/h7-10,12H,3-6H2,1-2H3,(H,15,18)(H,19,20)/t12-/m1/s1. The molecule has 1 aliphatic carbocycles. The van der Waals surface area contributed by atoms with Crippen LogP contribution >= 0.6 is 0 Å². The van der Waals surface area contributed by atoms with E-state index in [2.05, 4.69) is 10.4 Å². The minimum atomic E-state index is -1.02. The maximum absolute atomic E-state index is 12.0. The van der Waals surface area contributed by atoms with E-state index < -0.39 is 17.9 Å². The van der Waals surface area contributed by atoms with E-state index >= 15 is 0 Å². The molecule has 1 saturated carbocycles. The highest BCUT2D eigenvalue weighted by Crippen LogP contribution is 2.28. The Morgan fingerprint density at radius 2 is 2.05 bits per heavy atom. The summed E-state index contributed by atoms with van der Waals surface area (Å²) in [4.78, 5) is 23.1. The van der Waals surface area contributed by atoms with Crippen LogP contribution in [-0.4, -0.2) is 32.8 Å². The van der Waals surface area contributed by atoms with E-state index in [9.17, 15) is 9.59 Å². The molecule has 0 aromatic carbocycles. The summed E-state index contributed by atoms with van der Waals surface area (Å²) in [5, 5.41) is 15.9. The highest BCUT2D eigenvalue weighted by Gasteiger charge is 2.25. The number of carbonyl (C=O) groups is 2. The van der Waals surface area contributed by atoms with Crippen molar-refractivity contribution in [2.45, 2.75) is 51.6 Å². The fraction of sp³-hybridized carbons (Fsp3) is 0.643. The van der Waals surface area contributed by atoms with Gasteiger partial charge in [-0.3, -0.25) is 9.48 Å². The number of aromatic nitrogens is 2. The number of hydrogen-bond donors (Lipinski definition) is 2. The van der Waals surface area contributed by atoms with Gasteiger partial charge in [0.1, 0.15) is 11.7 Å². The highest BCUT2D eigenvalue weighted by atomic mass is 16.4. The molecule has 1 aromatic rings. The number of nitrogens with one attached hydrogen (secondary N) is 1. The topological polar surface area (TPSA) is 84.2 Å². The van der Waals surface area contributed by atoms with Crippen molar-refractivity contribution >= 4 is 11.9 Å². The van der Waals surface area contributed by atoms with Crippen molar-refractivity contribution in [3.8, 4) is 0 Å². The molecule has 0 unspecified atom stereocenters. The summed E-state index contributed by atoms with van der Waals surface area (Å²) in [7, 11) is 0. The minimum Gasteiger partial charge on any atom is -0.480 e. The van der Waals surface area contributed by atoms with Crippen molar-refractivity contribution in [2.75, 3.05) is 0 Å². The monoisotopic (exact) mass is 279 g/mol. The Morgan fingerprint density at radius 3 is 2.60 bits per heavy atom. The van der Waals surface area contributed by atoms with Crippen LogP contribution in [0.4, 0.5) is 0 Å². The lowest BCUT2D eigenvalue weighted by Crippen LogP contribution is -2.44. The number of carboxylic acid groups (broad SMARTS) is 1. The first-order chi connectivity index (χ1) is 9.49. The van der Waals surface area contributed by atoms with E-state index in [1.807, 2.05) is 4.68 Å². The number of nitrogens with zero attached hydrogens (tertiary/aromatic N) is 2. The molecule has 0 bridgehead atoms. The molecular formula is C14H21N3O3. The second kappa shape index (κ2) is 6.07. The molecule has 1 heterocycles. The van der Waals surface area contributed by atoms with Gasteiger partial charge in [0, 0.05) is 6.20 Å². The van der Waals surface area contributed by atoms with Crippen LogP contribution in [0.5, 0.6) is 0 Å². The molecule has 110 valence electrons. The summed E-state index contributed by atoms with van der Waals surface area (Å²) in [6.07, 6.45) is 6.37. The van der Waals surface area contributed by atoms with Gasteiger partial charge in [-0.25, -0.2) is 4.79 Å². The molecule has 20 heavy (non-hydrogen) atoms. The van der Waals surface area contributed by atoms with Gasteiger partial charge in [0.05, 0.1) is 6.04 Å². The first kappa shape index (κ1) is 14.6. The van der Waals surface area contributed by atoms with Gasteiger partial charge in [-0.05, 0) is 24.8 Å². The third-order valence-electron chi connectivity index (χ3n) is 3.76. The van der Waals surface area contributed by atoms with Crippen LogP contribution in [0, 0.1) is 5.92 Å². The molecule has 0 aliphatic heterocycles. The molecule has 1 amide bonds. The van der Waals surface area contributed by atoms with Crippen molar-refractivity contribution in [3.63, 3.8) is 0 Å². The molecule has 6 nitrogen and oxygen atoms in total. The lowest BCUT2D eigenvalue weighted by atomic mass is 10.0. The van der Waals surface area contributed by atoms with E-state index in [0.717, 1.165) is 12.8 Å². The largest absolute Gasteiger partial charge is 0.480 e. The van der Waals surface area contributed by atoms with Gasteiger partial charge in [-0.2, -0.15) is 5.10 Å². The van der Waals surface area contributed by atoms with E-state index in [1.54, 1.807) is 26.1 Å². The van der Waals surface area contributed by atoms with Gasteiger partial charge in [0.25, 0.3) is 5.91 Å². The fourth-order valence-electron chi connectivity index (χ4n) is 2.56. The third kappa shape index (κ3) is 3.18. The molecule has 6 heteroatoms. The normalized spacial score (nSPS) is 17.4. The van der Waals surface area contributed by atoms with Gasteiger partial charge in [-0.15, -0.1) is 0 Å². The van der Waals surface area contributed by atoms with Gasteiger partial charge >= 0.3 is 5.97 Å². The van der Waals surface area contributed by atoms with Crippen molar-refractivity contribution in [1.82, 2.24) is 15.1 Å². The second-order valence-corrected chi connectivity index (χ2v) is 5.65. The summed E-state index contributed by atoms with van der Waals surface area (Å²) in [6.45, 7) is 3.52. The summed E-state index contributed by atoms with van der Waals surface area (Å²) < 4.78 is 1.83. The predicted molar refractivity (Wildman–Crippen MR) is 73.5 cm³/mol. The molecule has 1 aromatic heterocycles. The Morgan fingerprint density at radius 1 is 1.40 bits per heavy atom. The summed E-state index contributed by atoms with van der Waals surface area (Å²) >= 11 is 0. The van der Waals surface area contributed by atoms with Crippen molar-refractivity contribution < 1.29 is 14.7 Å². The number of rotatable bonds is 5. The smallest absolute Gasteiger partial charge is 0.326 e. The summed E-state index contributed by atoms with van der Waals surface area (Å²) in [6, 6.07) is 1.13. The molecule has 1 fully saturated rings. The molecule has 0 radical (unpaired) electrons. The lowest BCUT2D eigenvalue weighted by Gasteiger charge is -2.17. The maximum Gasteiger partial charge on any atom is 0.326 e. The van der Waals surface area contributed by atoms with Crippen LogP contribution in [0.3, 0.4) is 0 Å². The van der Waals surface area contributed by atoms with Crippen LogP contribution in [0.2, 0.25) is 0 Å². The first-order valence-corrected chi connectivity index (χ1v) is 7.08. The SMILES string of the molecule is CC(C)[C@@H](NC(=O)c1ccn(C2CCCC2)n1)C(=O)O. The van der Waals surface area contributed by atoms with Gasteiger partial charge in [0.15, 0.2) is 0 Å². The first-order valence-electron chi connectivity index (χ1n) is 7.08. The lowest BCUT2D eigenvalue weighted by molar-refractivity contribution is -0.140. The number of aliphatic carboxylic acids is 1. The molecule has 1 atom stereocenters. The van der Waals surface area contributed by atoms with Gasteiger partial charge in [-0.1, -0.05) is 26.7 Å². The van der Waals surface area contributed by atoms with E-state index in [4.69, 9.17) is 5.11 Å². The number of carbonyl (C=O) groups excluding carboxylic acids is 1. The quantitative estimate of drug-likeness (QED) is 0.861. The molecular weight excluding hydrogens is 258 g/mol. The van der Waals surface area contributed by atoms with Crippen LogP contribution in [0.1, 0.15) is 56.1 Å². The highest BCUT2D eigenvalue weighted by molar-refractivity contribution is 5.94. The van der Waals surface area contributed by atoms with Crippen molar-refractivity contribution in [2.24, 2.45) is 5.92 Å². The Kier molecular flexibility index (Phi) is 4.42. The Hall–Kier alpha value is -1.85. The zero-order valence-electron chi connectivity index (χ0n) is 11.9. The summed E-state index contributed by atoms with van der Waals surface area (Å²) in [5.74, 6) is -1.63. The van der Waals surface area contributed by atoms with E-state index in [1.165, 1.54) is 12.8 Å². The van der Waals surface area contributed by atoms with Gasteiger partial charge in [0.2, 0.25) is 0 Å². The van der Waals surface area contributed by atoms with Crippen LogP contribution in [0.25, 0.3) is 0 Å². The number of carboxylic acids is 1. The Labute approximate surface area is 118 Å². The van der Waals surface area contributed by atoms with Crippen LogP contribution in [-0.2, 0) is 4.79 Å². The second-order valence-electron chi connectivity index (χ2n) is 5.65. The van der Waals surface area contributed by atoms with Crippen LogP contribution in [0.15, 0.2) is 12.3 Å². The molecule has 0 spiro atoms. The summed E-state index contributed by atoms with van der Waals surface area (Å²) in [5.41, 5.74) is 0.281. The zero-order valence-corrected chi connectivity index (χ0v) is 11.9. The van der Waals surface area contributed by atoms with Gasteiger partial charge < -0.3 is 10.4 Å². The van der Waals surface area contributed by atoms with E-state index in [0.29, 0.717) is 6.04 Å². The third-order valence-corrected chi connectivity index (χ3v) is 3.76. The number of amides is 1. The minimum absolute atomic E-state index is 0.173. The van der Waals surface area contributed by atoms with Crippen LogP contribution < -0.4 is 5.32 Å². The zero-order chi connectivity index (χ0) is 14.7. The average molecular weight is 279 g/mol. The Balaban J connectivity index is 2.03. The Bertz CT molecular complexity index is 490. The van der Waals surface area contributed by atoms with E-state index in [-0.39, 0.29) is 11.6 Å². The molecule has 2 rings (SSSR count). The maximum atomic E-state index is 12.0. The van der Waals surface area contributed by atoms with Crippen molar-refractivity contribution in [3.05, 3.63) is 18.0 Å². The average Bonchev–Trinajstić information content (AvgIpc) is 3.04.